The fraction of sp³-hybridized carbons (Fsp3) is 0.235. The lowest BCUT2D eigenvalue weighted by atomic mass is 10.2. The quantitative estimate of drug-likeness (QED) is 0.600. The summed E-state index contributed by atoms with van der Waals surface area (Å²) in [6.45, 7) is 0.457. The molecular formula is C17H19ClN2O2. The predicted molar refractivity (Wildman–Crippen MR) is 90.1 cm³/mol. The summed E-state index contributed by atoms with van der Waals surface area (Å²) in [5.41, 5.74) is 1.99. The minimum absolute atomic E-state index is 0.457. The highest BCUT2D eigenvalue weighted by atomic mass is 35.5. The van der Waals surface area contributed by atoms with Crippen molar-refractivity contribution in [1.82, 2.24) is 5.01 Å². The first-order valence-electron chi connectivity index (χ1n) is 6.85. The second-order valence-electron chi connectivity index (χ2n) is 4.92. The molecule has 116 valence electrons. The molecule has 5 heteroatoms. The predicted octanol–water partition coefficient (Wildman–Crippen LogP) is 3.82. The summed E-state index contributed by atoms with van der Waals surface area (Å²) in [7, 11) is 5.37. The van der Waals surface area contributed by atoms with Crippen LogP contribution < -0.4 is 9.47 Å². The number of hydrogen-bond acceptors (Lipinski definition) is 4. The highest BCUT2D eigenvalue weighted by Gasteiger charge is 2.05. The van der Waals surface area contributed by atoms with Gasteiger partial charge >= 0.3 is 0 Å². The zero-order chi connectivity index (χ0) is 15.9. The molecule has 0 spiro atoms. The SMILES string of the molecule is COc1cc(/C=N/N(C)C)ccc1OCc1ccc(Cl)cc1. The number of benzene rings is 2. The molecule has 0 heterocycles. The van der Waals surface area contributed by atoms with E-state index in [-0.39, 0.29) is 0 Å². The third-order valence-electron chi connectivity index (χ3n) is 2.93. The third kappa shape index (κ3) is 4.67. The monoisotopic (exact) mass is 318 g/mol. The van der Waals surface area contributed by atoms with E-state index in [9.17, 15) is 0 Å². The van der Waals surface area contributed by atoms with Crippen molar-refractivity contribution in [1.29, 1.82) is 0 Å². The van der Waals surface area contributed by atoms with Gasteiger partial charge in [0.25, 0.3) is 0 Å². The molecule has 2 aromatic carbocycles. The van der Waals surface area contributed by atoms with Crippen molar-refractivity contribution in [2.24, 2.45) is 5.10 Å². The van der Waals surface area contributed by atoms with Gasteiger partial charge in [0.1, 0.15) is 6.61 Å². The summed E-state index contributed by atoms with van der Waals surface area (Å²) in [4.78, 5) is 0. The van der Waals surface area contributed by atoms with Crippen LogP contribution in [0.2, 0.25) is 5.02 Å². The average molecular weight is 319 g/mol. The molecule has 0 aliphatic heterocycles. The molecule has 0 radical (unpaired) electrons. The summed E-state index contributed by atoms with van der Waals surface area (Å²) in [6, 6.07) is 13.3. The van der Waals surface area contributed by atoms with Crippen molar-refractivity contribution in [2.45, 2.75) is 6.61 Å². The molecule has 2 aromatic rings. The van der Waals surface area contributed by atoms with Crippen LogP contribution in [0.1, 0.15) is 11.1 Å². The van der Waals surface area contributed by atoms with E-state index in [2.05, 4.69) is 5.10 Å². The number of halogens is 1. The van der Waals surface area contributed by atoms with Crippen molar-refractivity contribution in [2.75, 3.05) is 21.2 Å². The van der Waals surface area contributed by atoms with Crippen molar-refractivity contribution in [3.63, 3.8) is 0 Å². The largest absolute Gasteiger partial charge is 0.493 e. The van der Waals surface area contributed by atoms with Crippen molar-refractivity contribution < 1.29 is 9.47 Å². The van der Waals surface area contributed by atoms with E-state index in [1.165, 1.54) is 0 Å². The van der Waals surface area contributed by atoms with E-state index in [1.807, 2.05) is 56.6 Å². The van der Waals surface area contributed by atoms with E-state index < -0.39 is 0 Å². The normalized spacial score (nSPS) is 10.7. The number of rotatable bonds is 6. The summed E-state index contributed by atoms with van der Waals surface area (Å²) in [6.07, 6.45) is 1.77. The number of hydrazone groups is 1. The lowest BCUT2D eigenvalue weighted by molar-refractivity contribution is 0.284. The Morgan fingerprint density at radius 3 is 2.45 bits per heavy atom. The van der Waals surface area contributed by atoms with Crippen LogP contribution in [0.4, 0.5) is 0 Å². The third-order valence-corrected chi connectivity index (χ3v) is 3.19. The highest BCUT2D eigenvalue weighted by Crippen LogP contribution is 2.28. The number of hydrogen-bond donors (Lipinski definition) is 0. The van der Waals surface area contributed by atoms with Gasteiger partial charge in [-0.15, -0.1) is 0 Å². The molecule has 2 rings (SSSR count). The molecule has 0 amide bonds. The molecule has 0 aliphatic rings. The zero-order valence-electron chi connectivity index (χ0n) is 12.9. The lowest BCUT2D eigenvalue weighted by Crippen LogP contribution is -2.02. The van der Waals surface area contributed by atoms with Crippen LogP contribution in [0, 0.1) is 0 Å². The molecule has 0 N–H and O–H groups in total. The molecule has 4 nitrogen and oxygen atoms in total. The zero-order valence-corrected chi connectivity index (χ0v) is 13.7. The van der Waals surface area contributed by atoms with Gasteiger partial charge in [0.05, 0.1) is 13.3 Å². The Morgan fingerprint density at radius 1 is 1.09 bits per heavy atom. The second-order valence-corrected chi connectivity index (χ2v) is 5.35. The topological polar surface area (TPSA) is 34.1 Å². The van der Waals surface area contributed by atoms with Gasteiger partial charge in [-0.2, -0.15) is 5.10 Å². The minimum atomic E-state index is 0.457. The first-order valence-corrected chi connectivity index (χ1v) is 7.23. The lowest BCUT2D eigenvalue weighted by Gasteiger charge is -2.11. The number of methoxy groups -OCH3 is 1. The van der Waals surface area contributed by atoms with Gasteiger partial charge in [-0.1, -0.05) is 23.7 Å². The fourth-order valence-corrected chi connectivity index (χ4v) is 1.93. The van der Waals surface area contributed by atoms with Crippen LogP contribution in [0.15, 0.2) is 47.6 Å². The smallest absolute Gasteiger partial charge is 0.161 e. The maximum atomic E-state index is 5.87. The molecular weight excluding hydrogens is 300 g/mol. The van der Waals surface area contributed by atoms with Crippen LogP contribution in [-0.4, -0.2) is 32.4 Å². The van der Waals surface area contributed by atoms with Gasteiger partial charge in [-0.3, -0.25) is 0 Å². The van der Waals surface area contributed by atoms with Gasteiger partial charge in [-0.05, 0) is 41.5 Å². The van der Waals surface area contributed by atoms with Crippen molar-refractivity contribution in [3.8, 4) is 11.5 Å². The molecule has 0 fully saturated rings. The Bertz CT molecular complexity index is 640. The molecule has 0 bridgehead atoms. The number of ether oxygens (including phenoxy) is 2. The molecule has 22 heavy (non-hydrogen) atoms. The van der Waals surface area contributed by atoms with E-state index in [0.29, 0.717) is 23.1 Å². The van der Waals surface area contributed by atoms with Crippen molar-refractivity contribution >= 4 is 17.8 Å². The molecule has 0 unspecified atom stereocenters. The first-order chi connectivity index (χ1) is 10.6. The average Bonchev–Trinajstić information content (AvgIpc) is 2.52. The van der Waals surface area contributed by atoms with Crippen LogP contribution in [-0.2, 0) is 6.61 Å². The van der Waals surface area contributed by atoms with E-state index in [4.69, 9.17) is 21.1 Å². The van der Waals surface area contributed by atoms with E-state index in [1.54, 1.807) is 18.3 Å². The van der Waals surface area contributed by atoms with Gasteiger partial charge in [-0.25, -0.2) is 0 Å². The van der Waals surface area contributed by atoms with Crippen molar-refractivity contribution in [3.05, 3.63) is 58.6 Å². The highest BCUT2D eigenvalue weighted by molar-refractivity contribution is 6.30. The van der Waals surface area contributed by atoms with Gasteiger partial charge in [0, 0.05) is 19.1 Å². The standard InChI is InChI=1S/C17H19ClN2O2/c1-20(2)19-11-14-6-9-16(17(10-14)21-3)22-12-13-4-7-15(18)8-5-13/h4-11H,12H2,1-3H3/b19-11+. The maximum Gasteiger partial charge on any atom is 0.161 e. The Morgan fingerprint density at radius 2 is 1.82 bits per heavy atom. The minimum Gasteiger partial charge on any atom is -0.493 e. The molecule has 0 saturated heterocycles. The van der Waals surface area contributed by atoms with Crippen LogP contribution in [0.25, 0.3) is 0 Å². The molecule has 0 atom stereocenters. The summed E-state index contributed by atoms with van der Waals surface area (Å²) in [5.74, 6) is 1.37. The van der Waals surface area contributed by atoms with Gasteiger partial charge < -0.3 is 14.5 Å². The summed E-state index contributed by atoms with van der Waals surface area (Å²) >= 11 is 5.87. The fourth-order valence-electron chi connectivity index (χ4n) is 1.81. The molecule has 0 aliphatic carbocycles. The molecule has 0 aromatic heterocycles. The molecule has 0 saturated carbocycles. The van der Waals surface area contributed by atoms with Gasteiger partial charge in [0.2, 0.25) is 0 Å². The van der Waals surface area contributed by atoms with Gasteiger partial charge in [0.15, 0.2) is 11.5 Å². The van der Waals surface area contributed by atoms with Crippen LogP contribution >= 0.6 is 11.6 Å². The van der Waals surface area contributed by atoms with Crippen LogP contribution in [0.5, 0.6) is 11.5 Å². The van der Waals surface area contributed by atoms with Crippen LogP contribution in [0.3, 0.4) is 0 Å². The summed E-state index contributed by atoms with van der Waals surface area (Å²) in [5, 5.41) is 6.65. The maximum absolute atomic E-state index is 5.87. The Labute approximate surface area is 135 Å². The Kier molecular flexibility index (Phi) is 5.67. The first kappa shape index (κ1) is 16.2. The van der Waals surface area contributed by atoms with E-state index in [0.717, 1.165) is 11.1 Å². The van der Waals surface area contributed by atoms with E-state index >= 15 is 0 Å². The summed E-state index contributed by atoms with van der Waals surface area (Å²) < 4.78 is 11.2. The Hall–Kier alpha value is -2.20. The second kappa shape index (κ2) is 7.71. The number of nitrogens with zero attached hydrogens (tertiary/aromatic N) is 2. The Balaban J connectivity index is 2.08.